The van der Waals surface area contributed by atoms with Crippen LogP contribution in [0.3, 0.4) is 0 Å². The quantitative estimate of drug-likeness (QED) is 0.784. The van der Waals surface area contributed by atoms with Crippen molar-refractivity contribution in [3.63, 3.8) is 0 Å². The van der Waals surface area contributed by atoms with E-state index in [1.165, 1.54) is 5.56 Å². The molecule has 0 atom stereocenters. The SMILES string of the molecule is N#Cc1cccc(COCCNCc2ccccc2)c1. The Kier molecular flexibility index (Phi) is 5.78. The molecule has 3 nitrogen and oxygen atoms in total. The molecule has 2 aromatic rings. The van der Waals surface area contributed by atoms with Crippen LogP contribution in [-0.2, 0) is 17.9 Å². The molecule has 0 heterocycles. The van der Waals surface area contributed by atoms with Gasteiger partial charge in [-0.15, -0.1) is 0 Å². The minimum Gasteiger partial charge on any atom is -0.375 e. The first-order chi connectivity index (χ1) is 9.88. The third-order valence-corrected chi connectivity index (χ3v) is 2.92. The third kappa shape index (κ3) is 4.85. The molecule has 0 bridgehead atoms. The van der Waals surface area contributed by atoms with Gasteiger partial charge in [0.2, 0.25) is 0 Å². The van der Waals surface area contributed by atoms with Crippen molar-refractivity contribution in [1.29, 1.82) is 5.26 Å². The molecular formula is C17H18N2O. The number of nitrogens with zero attached hydrogens (tertiary/aromatic N) is 1. The van der Waals surface area contributed by atoms with Crippen LogP contribution >= 0.6 is 0 Å². The van der Waals surface area contributed by atoms with Crippen LogP contribution in [-0.4, -0.2) is 13.2 Å². The van der Waals surface area contributed by atoms with Crippen LogP contribution in [0.25, 0.3) is 0 Å². The number of ether oxygens (including phenoxy) is 1. The molecule has 2 rings (SSSR count). The second-order valence-corrected chi connectivity index (χ2v) is 4.53. The maximum absolute atomic E-state index is 8.81. The molecule has 3 heteroatoms. The Hall–Kier alpha value is -2.15. The van der Waals surface area contributed by atoms with Gasteiger partial charge in [0.05, 0.1) is 24.8 Å². The van der Waals surface area contributed by atoms with E-state index in [2.05, 4.69) is 23.5 Å². The standard InChI is InChI=1S/C17H18N2O/c18-12-16-7-4-8-17(11-16)14-20-10-9-19-13-15-5-2-1-3-6-15/h1-8,11,19H,9-10,13-14H2. The summed E-state index contributed by atoms with van der Waals surface area (Å²) in [5.41, 5.74) is 2.98. The fourth-order valence-corrected chi connectivity index (χ4v) is 1.89. The zero-order valence-corrected chi connectivity index (χ0v) is 11.4. The van der Waals surface area contributed by atoms with E-state index in [-0.39, 0.29) is 0 Å². The van der Waals surface area contributed by atoms with Crippen LogP contribution in [0, 0.1) is 11.3 Å². The highest BCUT2D eigenvalue weighted by Gasteiger charge is 1.96. The zero-order chi connectivity index (χ0) is 14.0. The van der Waals surface area contributed by atoms with Gasteiger partial charge in [0, 0.05) is 13.1 Å². The summed E-state index contributed by atoms with van der Waals surface area (Å²) in [6, 6.07) is 19.9. The smallest absolute Gasteiger partial charge is 0.0991 e. The summed E-state index contributed by atoms with van der Waals surface area (Å²) in [6.07, 6.45) is 0. The molecule has 0 fully saturated rings. The summed E-state index contributed by atoms with van der Waals surface area (Å²) in [6.45, 7) is 2.87. The predicted octanol–water partition coefficient (Wildman–Crippen LogP) is 2.86. The van der Waals surface area contributed by atoms with Crippen molar-refractivity contribution in [3.05, 3.63) is 71.3 Å². The minimum atomic E-state index is 0.544. The number of nitriles is 1. The van der Waals surface area contributed by atoms with Gasteiger partial charge in [0.1, 0.15) is 0 Å². The molecule has 0 saturated heterocycles. The molecule has 0 spiro atoms. The Bertz CT molecular complexity index is 561. The Morgan fingerprint density at radius 1 is 1.00 bits per heavy atom. The monoisotopic (exact) mass is 266 g/mol. The van der Waals surface area contributed by atoms with Crippen molar-refractivity contribution >= 4 is 0 Å². The van der Waals surface area contributed by atoms with Gasteiger partial charge in [-0.25, -0.2) is 0 Å². The molecule has 2 aromatic carbocycles. The van der Waals surface area contributed by atoms with Crippen molar-refractivity contribution in [2.24, 2.45) is 0 Å². The number of rotatable bonds is 7. The van der Waals surface area contributed by atoms with E-state index >= 15 is 0 Å². The van der Waals surface area contributed by atoms with Gasteiger partial charge < -0.3 is 10.1 Å². The van der Waals surface area contributed by atoms with Crippen molar-refractivity contribution in [2.75, 3.05) is 13.2 Å². The van der Waals surface area contributed by atoms with Crippen molar-refractivity contribution in [2.45, 2.75) is 13.2 Å². The topological polar surface area (TPSA) is 45.0 Å². The first-order valence-corrected chi connectivity index (χ1v) is 6.70. The summed E-state index contributed by atoms with van der Waals surface area (Å²) in [5.74, 6) is 0. The van der Waals surface area contributed by atoms with Gasteiger partial charge in [-0.2, -0.15) is 5.26 Å². The normalized spacial score (nSPS) is 10.2. The van der Waals surface area contributed by atoms with Crippen LogP contribution in [0.4, 0.5) is 0 Å². The first kappa shape index (κ1) is 14.3. The maximum atomic E-state index is 8.81. The lowest BCUT2D eigenvalue weighted by Crippen LogP contribution is -2.19. The highest BCUT2D eigenvalue weighted by molar-refractivity contribution is 5.32. The van der Waals surface area contributed by atoms with Crippen LogP contribution in [0.5, 0.6) is 0 Å². The lowest BCUT2D eigenvalue weighted by molar-refractivity contribution is 0.122. The third-order valence-electron chi connectivity index (χ3n) is 2.92. The Labute approximate surface area is 119 Å². The molecule has 102 valence electrons. The van der Waals surface area contributed by atoms with E-state index in [0.717, 1.165) is 18.7 Å². The van der Waals surface area contributed by atoms with Crippen LogP contribution < -0.4 is 5.32 Å². The van der Waals surface area contributed by atoms with E-state index in [0.29, 0.717) is 18.8 Å². The highest BCUT2D eigenvalue weighted by Crippen LogP contribution is 2.05. The minimum absolute atomic E-state index is 0.544. The van der Waals surface area contributed by atoms with Gasteiger partial charge in [-0.1, -0.05) is 42.5 Å². The summed E-state index contributed by atoms with van der Waals surface area (Å²) in [7, 11) is 0. The molecule has 1 N–H and O–H groups in total. The molecule has 0 saturated carbocycles. The molecule has 0 radical (unpaired) electrons. The molecule has 0 aliphatic heterocycles. The largest absolute Gasteiger partial charge is 0.375 e. The van der Waals surface area contributed by atoms with E-state index in [1.54, 1.807) is 6.07 Å². The Morgan fingerprint density at radius 3 is 2.60 bits per heavy atom. The fourth-order valence-electron chi connectivity index (χ4n) is 1.89. The molecule has 0 aliphatic carbocycles. The summed E-state index contributed by atoms with van der Waals surface area (Å²) in [4.78, 5) is 0. The number of benzene rings is 2. The second-order valence-electron chi connectivity index (χ2n) is 4.53. The number of hydrogen-bond acceptors (Lipinski definition) is 3. The van der Waals surface area contributed by atoms with Crippen LogP contribution in [0.15, 0.2) is 54.6 Å². The van der Waals surface area contributed by atoms with E-state index in [4.69, 9.17) is 10.00 Å². The Balaban J connectivity index is 1.61. The maximum Gasteiger partial charge on any atom is 0.0991 e. The average Bonchev–Trinajstić information content (AvgIpc) is 2.52. The summed E-state index contributed by atoms with van der Waals surface area (Å²) >= 11 is 0. The van der Waals surface area contributed by atoms with Gasteiger partial charge in [0.25, 0.3) is 0 Å². The first-order valence-electron chi connectivity index (χ1n) is 6.70. The number of hydrogen-bond donors (Lipinski definition) is 1. The molecule has 0 amide bonds. The average molecular weight is 266 g/mol. The molecule has 0 aliphatic rings. The van der Waals surface area contributed by atoms with Crippen LogP contribution in [0.2, 0.25) is 0 Å². The van der Waals surface area contributed by atoms with E-state index in [9.17, 15) is 0 Å². The fraction of sp³-hybridized carbons (Fsp3) is 0.235. The molecule has 0 aromatic heterocycles. The van der Waals surface area contributed by atoms with Crippen molar-refractivity contribution < 1.29 is 4.74 Å². The van der Waals surface area contributed by atoms with Gasteiger partial charge in [0.15, 0.2) is 0 Å². The van der Waals surface area contributed by atoms with Gasteiger partial charge in [-0.3, -0.25) is 0 Å². The summed E-state index contributed by atoms with van der Waals surface area (Å²) in [5, 5.41) is 12.1. The lowest BCUT2D eigenvalue weighted by atomic mass is 10.1. The van der Waals surface area contributed by atoms with Gasteiger partial charge in [-0.05, 0) is 23.3 Å². The lowest BCUT2D eigenvalue weighted by Gasteiger charge is -2.06. The number of nitrogens with one attached hydrogen (secondary N) is 1. The molecule has 0 unspecified atom stereocenters. The zero-order valence-electron chi connectivity index (χ0n) is 11.4. The van der Waals surface area contributed by atoms with E-state index < -0.39 is 0 Å². The second kappa shape index (κ2) is 8.11. The highest BCUT2D eigenvalue weighted by atomic mass is 16.5. The van der Waals surface area contributed by atoms with Crippen molar-refractivity contribution in [3.8, 4) is 6.07 Å². The van der Waals surface area contributed by atoms with Crippen LogP contribution in [0.1, 0.15) is 16.7 Å². The van der Waals surface area contributed by atoms with E-state index in [1.807, 2.05) is 36.4 Å². The molecule has 20 heavy (non-hydrogen) atoms. The summed E-state index contributed by atoms with van der Waals surface area (Å²) < 4.78 is 5.59. The van der Waals surface area contributed by atoms with Gasteiger partial charge >= 0.3 is 0 Å². The molecular weight excluding hydrogens is 248 g/mol. The predicted molar refractivity (Wildman–Crippen MR) is 79.0 cm³/mol. The van der Waals surface area contributed by atoms with Crippen molar-refractivity contribution in [1.82, 2.24) is 5.32 Å². The Morgan fingerprint density at radius 2 is 1.80 bits per heavy atom.